The lowest BCUT2D eigenvalue weighted by Gasteiger charge is -2.43. The van der Waals surface area contributed by atoms with Crippen LogP contribution in [-0.4, -0.2) is 73.5 Å². The minimum absolute atomic E-state index is 0.189. The maximum atomic E-state index is 13.4. The number of halogens is 1. The van der Waals surface area contributed by atoms with Crippen LogP contribution in [0.25, 0.3) is 0 Å². The lowest BCUT2D eigenvalue weighted by Crippen LogP contribution is -2.52. The molecule has 2 saturated heterocycles. The Morgan fingerprint density at radius 3 is 2.56 bits per heavy atom. The van der Waals surface area contributed by atoms with Crippen molar-refractivity contribution in [3.05, 3.63) is 50.2 Å². The molecule has 1 amide bonds. The van der Waals surface area contributed by atoms with Gasteiger partial charge in [-0.1, -0.05) is 11.6 Å². The number of carbonyl (C=O) groups is 1. The minimum atomic E-state index is -0.189. The van der Waals surface area contributed by atoms with E-state index < -0.39 is 0 Å². The molecule has 1 aromatic heterocycles. The smallest absolute Gasteiger partial charge is 0.223 e. The Kier molecular flexibility index (Phi) is 8.24. The van der Waals surface area contributed by atoms with Crippen LogP contribution in [0.4, 0.5) is 0 Å². The molecule has 0 unspecified atom stereocenters. The van der Waals surface area contributed by atoms with Crippen LogP contribution in [-0.2, 0) is 11.3 Å². The number of piperidine rings is 1. The minimum Gasteiger partial charge on any atom is -0.493 e. The van der Waals surface area contributed by atoms with E-state index in [2.05, 4.69) is 41.7 Å². The highest BCUT2D eigenvalue weighted by atomic mass is 35.5. The molecule has 4 rings (SSSR count). The van der Waals surface area contributed by atoms with E-state index in [1.807, 2.05) is 36.5 Å². The topological polar surface area (TPSA) is 36.0 Å². The molecule has 3 heterocycles. The monoisotopic (exact) mass is 503 g/mol. The predicted octanol–water partition coefficient (Wildman–Crippen LogP) is 5.15. The first-order valence-electron chi connectivity index (χ1n) is 12.4. The Bertz CT molecular complexity index is 1000. The van der Waals surface area contributed by atoms with E-state index in [0.717, 1.165) is 75.0 Å². The zero-order chi connectivity index (χ0) is 24.3. The van der Waals surface area contributed by atoms with Gasteiger partial charge in [0.1, 0.15) is 5.75 Å². The Hall–Kier alpha value is -1.60. The third-order valence-electron chi connectivity index (χ3n) is 7.33. The molecular weight excluding hydrogens is 466 g/mol. The molecule has 7 heteroatoms. The summed E-state index contributed by atoms with van der Waals surface area (Å²) in [5.41, 5.74) is 2.24. The summed E-state index contributed by atoms with van der Waals surface area (Å²) in [5.74, 6) is 1.10. The second-order valence-corrected chi connectivity index (χ2v) is 12.2. The maximum Gasteiger partial charge on any atom is 0.223 e. The fraction of sp³-hybridized carbons (Fsp3) is 0.593. The summed E-state index contributed by atoms with van der Waals surface area (Å²) < 4.78 is 6.35. The number of amides is 1. The molecule has 0 radical (unpaired) electrons. The molecule has 0 spiro atoms. The summed E-state index contributed by atoms with van der Waals surface area (Å²) in [4.78, 5) is 23.1. The highest BCUT2D eigenvalue weighted by Crippen LogP contribution is 2.37. The van der Waals surface area contributed by atoms with Gasteiger partial charge in [0.2, 0.25) is 5.91 Å². The molecule has 1 aromatic carbocycles. The summed E-state index contributed by atoms with van der Waals surface area (Å²) in [6.07, 6.45) is 2.64. The first-order valence-corrected chi connectivity index (χ1v) is 13.6. The van der Waals surface area contributed by atoms with Gasteiger partial charge in [0.25, 0.3) is 0 Å². The molecule has 2 aliphatic heterocycles. The second-order valence-electron chi connectivity index (χ2n) is 10.3. The van der Waals surface area contributed by atoms with Crippen LogP contribution in [0.1, 0.15) is 40.1 Å². The van der Waals surface area contributed by atoms with Gasteiger partial charge in [0.05, 0.1) is 6.61 Å². The van der Waals surface area contributed by atoms with E-state index in [4.69, 9.17) is 16.3 Å². The van der Waals surface area contributed by atoms with Crippen LogP contribution in [0.5, 0.6) is 5.75 Å². The molecule has 186 valence electrons. The van der Waals surface area contributed by atoms with Crippen molar-refractivity contribution < 1.29 is 9.53 Å². The van der Waals surface area contributed by atoms with Gasteiger partial charge in [0.15, 0.2) is 0 Å². The SMILES string of the molecule is Cc1cc(CN2CCC[C@](COc3ccc(Cl)c(C)c3)(CC(=O)N3CCN(C)CC3)C2)c(C)s1. The Balaban J connectivity index is 1.50. The maximum absolute atomic E-state index is 13.4. The van der Waals surface area contributed by atoms with Gasteiger partial charge >= 0.3 is 0 Å². The first kappa shape index (κ1) is 25.5. The van der Waals surface area contributed by atoms with Crippen molar-refractivity contribution in [3.8, 4) is 5.75 Å². The largest absolute Gasteiger partial charge is 0.493 e. The van der Waals surface area contributed by atoms with Crippen molar-refractivity contribution >= 4 is 28.8 Å². The standard InChI is InChI=1S/C27H38ClN3O2S/c1-20-14-24(6-7-25(20)28)33-19-27(16-26(32)31-12-10-29(4)11-13-31)8-5-9-30(18-27)17-23-15-21(2)34-22(23)3/h6-7,14-15H,5,8-13,16-19H2,1-4H3/t27-/m0/s1. The fourth-order valence-electron chi connectivity index (χ4n) is 5.27. The number of benzene rings is 1. The molecule has 2 fully saturated rings. The molecule has 0 aliphatic carbocycles. The molecule has 1 atom stereocenters. The van der Waals surface area contributed by atoms with Gasteiger partial charge in [-0.05, 0) is 82.6 Å². The van der Waals surface area contributed by atoms with E-state index in [-0.39, 0.29) is 11.3 Å². The number of likely N-dealkylation sites (tertiary alicyclic amines) is 1. The van der Waals surface area contributed by atoms with Crippen molar-refractivity contribution in [2.75, 3.05) is 52.9 Å². The Labute approximate surface area is 213 Å². The molecule has 0 bridgehead atoms. The summed E-state index contributed by atoms with van der Waals surface area (Å²) in [7, 11) is 2.12. The lowest BCUT2D eigenvalue weighted by atomic mass is 9.77. The van der Waals surface area contributed by atoms with Gasteiger partial charge in [0, 0.05) is 65.9 Å². The number of likely N-dealkylation sites (N-methyl/N-ethyl adjacent to an activating group) is 1. The Morgan fingerprint density at radius 2 is 1.88 bits per heavy atom. The summed E-state index contributed by atoms with van der Waals surface area (Å²) in [6.45, 7) is 13.4. The number of piperazine rings is 1. The Morgan fingerprint density at radius 1 is 1.12 bits per heavy atom. The van der Waals surface area contributed by atoms with Crippen LogP contribution < -0.4 is 4.74 Å². The normalized spacial score (nSPS) is 22.2. The van der Waals surface area contributed by atoms with Crippen LogP contribution in [0.2, 0.25) is 5.02 Å². The van der Waals surface area contributed by atoms with Crippen molar-refractivity contribution in [2.45, 2.75) is 46.6 Å². The zero-order valence-corrected chi connectivity index (χ0v) is 22.6. The molecule has 0 saturated carbocycles. The number of aryl methyl sites for hydroxylation is 3. The van der Waals surface area contributed by atoms with Gasteiger partial charge < -0.3 is 14.5 Å². The number of carbonyl (C=O) groups excluding carboxylic acids is 1. The van der Waals surface area contributed by atoms with E-state index in [1.165, 1.54) is 15.3 Å². The zero-order valence-electron chi connectivity index (χ0n) is 21.0. The molecular formula is C27H38ClN3O2S. The number of hydrogen-bond donors (Lipinski definition) is 0. The van der Waals surface area contributed by atoms with Crippen molar-refractivity contribution in [1.82, 2.24) is 14.7 Å². The van der Waals surface area contributed by atoms with Crippen LogP contribution in [0.15, 0.2) is 24.3 Å². The van der Waals surface area contributed by atoms with Crippen LogP contribution >= 0.6 is 22.9 Å². The fourth-order valence-corrected chi connectivity index (χ4v) is 6.33. The van der Waals surface area contributed by atoms with Gasteiger partial charge in [-0.25, -0.2) is 0 Å². The summed E-state index contributed by atoms with van der Waals surface area (Å²) in [5, 5.41) is 0.748. The van der Waals surface area contributed by atoms with Gasteiger partial charge in [-0.3, -0.25) is 9.69 Å². The van der Waals surface area contributed by atoms with E-state index in [9.17, 15) is 4.79 Å². The average Bonchev–Trinajstić information content (AvgIpc) is 3.11. The number of nitrogens with zero attached hydrogens (tertiary/aromatic N) is 3. The third-order valence-corrected chi connectivity index (χ3v) is 8.77. The van der Waals surface area contributed by atoms with E-state index in [0.29, 0.717) is 13.0 Å². The van der Waals surface area contributed by atoms with Crippen molar-refractivity contribution in [3.63, 3.8) is 0 Å². The van der Waals surface area contributed by atoms with Gasteiger partial charge in [-0.15, -0.1) is 11.3 Å². The summed E-state index contributed by atoms with van der Waals surface area (Å²) >= 11 is 8.09. The second kappa shape index (κ2) is 11.0. The van der Waals surface area contributed by atoms with Crippen LogP contribution in [0, 0.1) is 26.2 Å². The average molecular weight is 504 g/mol. The molecule has 2 aliphatic rings. The number of thiophene rings is 1. The first-order chi connectivity index (χ1) is 16.2. The number of hydrogen-bond acceptors (Lipinski definition) is 5. The van der Waals surface area contributed by atoms with Crippen molar-refractivity contribution in [2.24, 2.45) is 5.41 Å². The van der Waals surface area contributed by atoms with Gasteiger partial charge in [-0.2, -0.15) is 0 Å². The molecule has 2 aromatic rings. The molecule has 0 N–H and O–H groups in total. The predicted molar refractivity (Wildman–Crippen MR) is 141 cm³/mol. The lowest BCUT2D eigenvalue weighted by molar-refractivity contribution is -0.137. The van der Waals surface area contributed by atoms with Crippen LogP contribution in [0.3, 0.4) is 0 Å². The van der Waals surface area contributed by atoms with Crippen molar-refractivity contribution in [1.29, 1.82) is 0 Å². The highest BCUT2D eigenvalue weighted by molar-refractivity contribution is 7.12. The summed E-state index contributed by atoms with van der Waals surface area (Å²) in [6, 6.07) is 8.14. The third kappa shape index (κ3) is 6.34. The molecule has 34 heavy (non-hydrogen) atoms. The number of rotatable bonds is 7. The van der Waals surface area contributed by atoms with E-state index in [1.54, 1.807) is 0 Å². The van der Waals surface area contributed by atoms with E-state index >= 15 is 0 Å². The highest BCUT2D eigenvalue weighted by Gasteiger charge is 2.40. The molecule has 5 nitrogen and oxygen atoms in total. The quantitative estimate of drug-likeness (QED) is 0.523. The number of ether oxygens (including phenoxy) is 1.